The molecule has 0 amide bonds. The second-order valence-corrected chi connectivity index (χ2v) is 3.45. The minimum absolute atomic E-state index is 0.355. The highest BCUT2D eigenvalue weighted by molar-refractivity contribution is 4.92. The summed E-state index contributed by atoms with van der Waals surface area (Å²) in [5.74, 6) is 0. The van der Waals surface area contributed by atoms with Crippen LogP contribution in [0.3, 0.4) is 0 Å². The molecule has 0 aliphatic carbocycles. The standard InChI is InChI=1S/C7H16N2/c1-7(2)4-6(8-3)5-9-7/h6,8-9H,4-5H2,1-3H3. The molecule has 2 nitrogen and oxygen atoms in total. The van der Waals surface area contributed by atoms with Crippen molar-refractivity contribution in [1.82, 2.24) is 10.6 Å². The van der Waals surface area contributed by atoms with E-state index in [9.17, 15) is 0 Å². The fourth-order valence-electron chi connectivity index (χ4n) is 1.36. The van der Waals surface area contributed by atoms with Gasteiger partial charge in [0.05, 0.1) is 0 Å². The van der Waals surface area contributed by atoms with Crippen LogP contribution in [0.1, 0.15) is 20.3 Å². The van der Waals surface area contributed by atoms with Gasteiger partial charge in [0.15, 0.2) is 0 Å². The normalized spacial score (nSPS) is 33.0. The Morgan fingerprint density at radius 1 is 1.56 bits per heavy atom. The maximum absolute atomic E-state index is 3.43. The van der Waals surface area contributed by atoms with Gasteiger partial charge in [0.25, 0.3) is 0 Å². The number of hydrogen-bond acceptors (Lipinski definition) is 2. The highest BCUT2D eigenvalue weighted by Crippen LogP contribution is 2.16. The van der Waals surface area contributed by atoms with E-state index >= 15 is 0 Å². The Bertz CT molecular complexity index is 99.1. The highest BCUT2D eigenvalue weighted by atomic mass is 15.1. The first-order valence-corrected chi connectivity index (χ1v) is 3.56. The fraction of sp³-hybridized carbons (Fsp3) is 1.00. The molecule has 0 radical (unpaired) electrons. The van der Waals surface area contributed by atoms with Crippen LogP contribution in [0.2, 0.25) is 0 Å². The molecule has 0 aromatic carbocycles. The average Bonchev–Trinajstić information content (AvgIpc) is 2.10. The van der Waals surface area contributed by atoms with Crippen LogP contribution in [-0.4, -0.2) is 25.2 Å². The molecule has 1 heterocycles. The molecule has 1 fully saturated rings. The van der Waals surface area contributed by atoms with Crippen LogP contribution in [-0.2, 0) is 0 Å². The Labute approximate surface area is 57.0 Å². The van der Waals surface area contributed by atoms with Crippen LogP contribution >= 0.6 is 0 Å². The van der Waals surface area contributed by atoms with Crippen molar-refractivity contribution >= 4 is 0 Å². The van der Waals surface area contributed by atoms with E-state index in [1.807, 2.05) is 7.05 Å². The van der Waals surface area contributed by atoms with Crippen molar-refractivity contribution in [1.29, 1.82) is 0 Å². The Balaban J connectivity index is 2.38. The van der Waals surface area contributed by atoms with E-state index in [1.165, 1.54) is 6.42 Å². The third-order valence-corrected chi connectivity index (χ3v) is 1.99. The van der Waals surface area contributed by atoms with Crippen LogP contribution in [0.15, 0.2) is 0 Å². The molecule has 1 atom stereocenters. The molecule has 0 spiro atoms. The first-order valence-electron chi connectivity index (χ1n) is 3.56. The zero-order valence-corrected chi connectivity index (χ0v) is 6.49. The summed E-state index contributed by atoms with van der Waals surface area (Å²) in [6.45, 7) is 5.60. The van der Waals surface area contributed by atoms with Crippen molar-refractivity contribution < 1.29 is 0 Å². The minimum Gasteiger partial charge on any atom is -0.316 e. The summed E-state index contributed by atoms with van der Waals surface area (Å²) in [5.41, 5.74) is 0.355. The molecule has 0 aromatic rings. The lowest BCUT2D eigenvalue weighted by Crippen LogP contribution is -2.31. The van der Waals surface area contributed by atoms with Crippen LogP contribution in [0, 0.1) is 0 Å². The molecule has 54 valence electrons. The van der Waals surface area contributed by atoms with Crippen LogP contribution in [0.5, 0.6) is 0 Å². The van der Waals surface area contributed by atoms with E-state index in [-0.39, 0.29) is 0 Å². The predicted molar refractivity (Wildman–Crippen MR) is 39.5 cm³/mol. The topological polar surface area (TPSA) is 24.1 Å². The van der Waals surface area contributed by atoms with Crippen LogP contribution < -0.4 is 10.6 Å². The second kappa shape index (κ2) is 2.27. The summed E-state index contributed by atoms with van der Waals surface area (Å²) in [6.07, 6.45) is 1.24. The van der Waals surface area contributed by atoms with Crippen molar-refractivity contribution in [3.8, 4) is 0 Å². The van der Waals surface area contributed by atoms with Gasteiger partial charge in [-0.15, -0.1) is 0 Å². The Morgan fingerprint density at radius 3 is 2.44 bits per heavy atom. The Morgan fingerprint density at radius 2 is 2.22 bits per heavy atom. The molecule has 9 heavy (non-hydrogen) atoms. The van der Waals surface area contributed by atoms with Gasteiger partial charge < -0.3 is 10.6 Å². The number of nitrogens with one attached hydrogen (secondary N) is 2. The third-order valence-electron chi connectivity index (χ3n) is 1.99. The van der Waals surface area contributed by atoms with Crippen molar-refractivity contribution in [2.45, 2.75) is 31.8 Å². The van der Waals surface area contributed by atoms with Crippen LogP contribution in [0.25, 0.3) is 0 Å². The van der Waals surface area contributed by atoms with Crippen molar-refractivity contribution in [3.63, 3.8) is 0 Å². The van der Waals surface area contributed by atoms with Gasteiger partial charge in [0.1, 0.15) is 0 Å². The fourth-order valence-corrected chi connectivity index (χ4v) is 1.36. The van der Waals surface area contributed by atoms with Gasteiger partial charge in [-0.05, 0) is 27.3 Å². The first kappa shape index (κ1) is 7.03. The lowest BCUT2D eigenvalue weighted by Gasteiger charge is -2.16. The van der Waals surface area contributed by atoms with E-state index in [0.29, 0.717) is 11.6 Å². The molecule has 1 unspecified atom stereocenters. The number of rotatable bonds is 1. The van der Waals surface area contributed by atoms with Crippen molar-refractivity contribution in [3.05, 3.63) is 0 Å². The lowest BCUT2D eigenvalue weighted by atomic mass is 10.0. The van der Waals surface area contributed by atoms with Gasteiger partial charge in [-0.1, -0.05) is 0 Å². The van der Waals surface area contributed by atoms with Crippen molar-refractivity contribution in [2.24, 2.45) is 0 Å². The second-order valence-electron chi connectivity index (χ2n) is 3.45. The van der Waals surface area contributed by atoms with E-state index in [0.717, 1.165) is 6.54 Å². The third kappa shape index (κ3) is 1.66. The summed E-state index contributed by atoms with van der Waals surface area (Å²) in [5, 5.41) is 6.69. The minimum atomic E-state index is 0.355. The molecule has 0 bridgehead atoms. The molecule has 1 aliphatic rings. The molecule has 1 aliphatic heterocycles. The SMILES string of the molecule is CNC1CNC(C)(C)C1. The summed E-state index contributed by atoms with van der Waals surface area (Å²) in [7, 11) is 2.02. The van der Waals surface area contributed by atoms with Gasteiger partial charge >= 0.3 is 0 Å². The molecule has 0 saturated carbocycles. The molecule has 2 heteroatoms. The highest BCUT2D eigenvalue weighted by Gasteiger charge is 2.28. The molecule has 1 saturated heterocycles. The van der Waals surface area contributed by atoms with Gasteiger partial charge in [-0.2, -0.15) is 0 Å². The summed E-state index contributed by atoms with van der Waals surface area (Å²) < 4.78 is 0. The zero-order chi connectivity index (χ0) is 6.91. The molecule has 1 rings (SSSR count). The van der Waals surface area contributed by atoms with E-state index in [4.69, 9.17) is 0 Å². The van der Waals surface area contributed by atoms with Gasteiger partial charge in [0, 0.05) is 18.1 Å². The predicted octanol–water partition coefficient (Wildman–Crippen LogP) is 0.346. The lowest BCUT2D eigenvalue weighted by molar-refractivity contribution is 0.448. The monoisotopic (exact) mass is 128 g/mol. The smallest absolute Gasteiger partial charge is 0.0207 e. The van der Waals surface area contributed by atoms with Gasteiger partial charge in [-0.25, -0.2) is 0 Å². The Kier molecular flexibility index (Phi) is 1.78. The largest absolute Gasteiger partial charge is 0.316 e. The summed E-state index contributed by atoms with van der Waals surface area (Å²) in [4.78, 5) is 0. The summed E-state index contributed by atoms with van der Waals surface area (Å²) in [6, 6.07) is 0.681. The number of likely N-dealkylation sites (N-methyl/N-ethyl adjacent to an activating group) is 1. The molecule has 0 aromatic heterocycles. The first-order chi connectivity index (χ1) is 4.14. The van der Waals surface area contributed by atoms with E-state index in [2.05, 4.69) is 24.5 Å². The number of hydrogen-bond donors (Lipinski definition) is 2. The van der Waals surface area contributed by atoms with E-state index in [1.54, 1.807) is 0 Å². The summed E-state index contributed by atoms with van der Waals surface area (Å²) >= 11 is 0. The maximum Gasteiger partial charge on any atom is 0.0207 e. The van der Waals surface area contributed by atoms with Crippen LogP contribution in [0.4, 0.5) is 0 Å². The molecular formula is C7H16N2. The quantitative estimate of drug-likeness (QED) is 0.532. The van der Waals surface area contributed by atoms with E-state index < -0.39 is 0 Å². The maximum atomic E-state index is 3.43. The molecule has 2 N–H and O–H groups in total. The van der Waals surface area contributed by atoms with Gasteiger partial charge in [0.2, 0.25) is 0 Å². The average molecular weight is 128 g/mol. The van der Waals surface area contributed by atoms with Gasteiger partial charge in [-0.3, -0.25) is 0 Å². The zero-order valence-electron chi connectivity index (χ0n) is 6.49. The molecular weight excluding hydrogens is 112 g/mol. The van der Waals surface area contributed by atoms with Crippen molar-refractivity contribution in [2.75, 3.05) is 13.6 Å². The Hall–Kier alpha value is -0.0800.